The van der Waals surface area contributed by atoms with Gasteiger partial charge in [-0.05, 0) is 49.7 Å². The number of benzene rings is 2. The Kier molecular flexibility index (Phi) is 7.02. The molecule has 2 heterocycles. The van der Waals surface area contributed by atoms with Crippen LogP contribution in [-0.2, 0) is 19.5 Å². The van der Waals surface area contributed by atoms with Crippen molar-refractivity contribution in [2.75, 3.05) is 5.32 Å². The van der Waals surface area contributed by atoms with Gasteiger partial charge in [0.1, 0.15) is 11.6 Å². The number of hydrogen-bond donors (Lipinski definition) is 1. The summed E-state index contributed by atoms with van der Waals surface area (Å²) in [6, 6.07) is 10.4. The zero-order valence-electron chi connectivity index (χ0n) is 19.1. The monoisotopic (exact) mass is 521 g/mol. The zero-order valence-corrected chi connectivity index (χ0v) is 19.9. The standard InChI is InChI=1S/C24H20ClF4N5O2/c1-14-22(15(2)34(31-14)12-16-4-3-5-17(10-16)24(27,28)29)30-23(35)21-8-9-33(32-21)13-36-18-6-7-20(26)19(25)11-18/h3-11H,12-13H2,1-2H3,(H,30,35). The number of hydrogen-bond acceptors (Lipinski definition) is 4. The van der Waals surface area contributed by atoms with Gasteiger partial charge in [0.15, 0.2) is 12.4 Å². The number of nitrogens with zero attached hydrogens (tertiary/aromatic N) is 4. The second-order valence-electron chi connectivity index (χ2n) is 7.95. The quantitative estimate of drug-likeness (QED) is 0.310. The average Bonchev–Trinajstić information content (AvgIpc) is 3.40. The smallest absolute Gasteiger partial charge is 0.416 e. The Morgan fingerprint density at radius 3 is 2.61 bits per heavy atom. The van der Waals surface area contributed by atoms with E-state index < -0.39 is 23.5 Å². The van der Waals surface area contributed by atoms with Crippen molar-refractivity contribution in [3.8, 4) is 5.75 Å². The first-order valence-corrected chi connectivity index (χ1v) is 11.0. The van der Waals surface area contributed by atoms with Crippen LogP contribution in [0.1, 0.15) is 33.0 Å². The Bertz CT molecular complexity index is 1410. The Morgan fingerprint density at radius 2 is 1.89 bits per heavy atom. The molecule has 0 aliphatic carbocycles. The maximum Gasteiger partial charge on any atom is 0.416 e. The third-order valence-electron chi connectivity index (χ3n) is 5.33. The molecule has 188 valence electrons. The van der Waals surface area contributed by atoms with Crippen molar-refractivity contribution in [3.05, 3.63) is 93.8 Å². The summed E-state index contributed by atoms with van der Waals surface area (Å²) < 4.78 is 60.7. The summed E-state index contributed by atoms with van der Waals surface area (Å²) in [5.41, 5.74) is 1.32. The van der Waals surface area contributed by atoms with Crippen molar-refractivity contribution in [3.63, 3.8) is 0 Å². The number of aryl methyl sites for hydroxylation is 1. The predicted molar refractivity (Wildman–Crippen MR) is 124 cm³/mol. The zero-order chi connectivity index (χ0) is 26.0. The number of amides is 1. The van der Waals surface area contributed by atoms with Gasteiger partial charge in [-0.25, -0.2) is 9.07 Å². The molecule has 0 spiro atoms. The summed E-state index contributed by atoms with van der Waals surface area (Å²) in [6.07, 6.45) is -2.90. The Balaban J connectivity index is 1.43. The van der Waals surface area contributed by atoms with Gasteiger partial charge in [-0.3, -0.25) is 9.48 Å². The molecule has 4 rings (SSSR count). The first-order valence-electron chi connectivity index (χ1n) is 10.6. The summed E-state index contributed by atoms with van der Waals surface area (Å²) in [5.74, 6) is -0.725. The number of halogens is 5. The van der Waals surface area contributed by atoms with Crippen LogP contribution in [0.4, 0.5) is 23.2 Å². The van der Waals surface area contributed by atoms with Gasteiger partial charge in [0.25, 0.3) is 5.91 Å². The van der Waals surface area contributed by atoms with Crippen molar-refractivity contribution in [2.45, 2.75) is 33.3 Å². The van der Waals surface area contributed by atoms with Crippen molar-refractivity contribution in [1.82, 2.24) is 19.6 Å². The molecule has 0 saturated heterocycles. The summed E-state index contributed by atoms with van der Waals surface area (Å²) in [6.45, 7) is 3.46. The minimum Gasteiger partial charge on any atom is -0.471 e. The van der Waals surface area contributed by atoms with Crippen LogP contribution in [0.2, 0.25) is 5.02 Å². The van der Waals surface area contributed by atoms with Gasteiger partial charge >= 0.3 is 6.18 Å². The molecule has 12 heteroatoms. The van der Waals surface area contributed by atoms with E-state index in [0.717, 1.165) is 12.1 Å². The van der Waals surface area contributed by atoms with Crippen LogP contribution >= 0.6 is 11.6 Å². The van der Waals surface area contributed by atoms with E-state index >= 15 is 0 Å². The largest absolute Gasteiger partial charge is 0.471 e. The van der Waals surface area contributed by atoms with Crippen LogP contribution in [0.5, 0.6) is 5.75 Å². The fraction of sp³-hybridized carbons (Fsp3) is 0.208. The van der Waals surface area contributed by atoms with E-state index in [1.165, 1.54) is 45.9 Å². The normalized spacial score (nSPS) is 11.5. The first kappa shape index (κ1) is 25.2. The van der Waals surface area contributed by atoms with Gasteiger partial charge in [-0.2, -0.15) is 23.4 Å². The van der Waals surface area contributed by atoms with E-state index in [9.17, 15) is 22.4 Å². The lowest BCUT2D eigenvalue weighted by Gasteiger charge is -2.10. The van der Waals surface area contributed by atoms with Crippen molar-refractivity contribution in [2.24, 2.45) is 0 Å². The summed E-state index contributed by atoms with van der Waals surface area (Å²) in [4.78, 5) is 12.8. The van der Waals surface area contributed by atoms with Gasteiger partial charge in [0, 0.05) is 12.3 Å². The molecule has 1 N–H and O–H groups in total. The van der Waals surface area contributed by atoms with E-state index in [1.54, 1.807) is 19.9 Å². The molecular formula is C24H20ClF4N5O2. The highest BCUT2D eigenvalue weighted by Gasteiger charge is 2.30. The summed E-state index contributed by atoms with van der Waals surface area (Å²) in [5, 5.41) is 11.2. The number of nitrogens with one attached hydrogen (secondary N) is 1. The van der Waals surface area contributed by atoms with E-state index in [2.05, 4.69) is 15.5 Å². The van der Waals surface area contributed by atoms with Crippen molar-refractivity contribution >= 4 is 23.2 Å². The molecule has 1 amide bonds. The molecule has 0 radical (unpaired) electrons. The van der Waals surface area contributed by atoms with E-state index in [1.807, 2.05) is 0 Å². The minimum absolute atomic E-state index is 0.0395. The van der Waals surface area contributed by atoms with E-state index in [0.29, 0.717) is 28.4 Å². The number of aromatic nitrogens is 4. The molecule has 2 aromatic heterocycles. The lowest BCUT2D eigenvalue weighted by atomic mass is 10.1. The number of anilines is 1. The number of rotatable bonds is 7. The van der Waals surface area contributed by atoms with Crippen LogP contribution in [0.3, 0.4) is 0 Å². The van der Waals surface area contributed by atoms with Crippen LogP contribution in [-0.4, -0.2) is 25.5 Å². The molecule has 0 fully saturated rings. The summed E-state index contributed by atoms with van der Waals surface area (Å²) in [7, 11) is 0. The van der Waals surface area contributed by atoms with Crippen LogP contribution < -0.4 is 10.1 Å². The van der Waals surface area contributed by atoms with Crippen molar-refractivity contribution < 1.29 is 27.1 Å². The fourth-order valence-corrected chi connectivity index (χ4v) is 3.66. The number of carbonyl (C=O) groups excluding carboxylic acids is 1. The highest BCUT2D eigenvalue weighted by molar-refractivity contribution is 6.30. The molecule has 2 aromatic carbocycles. The van der Waals surface area contributed by atoms with Crippen LogP contribution in [0, 0.1) is 19.7 Å². The predicted octanol–water partition coefficient (Wildman–Crippen LogP) is 5.84. The fourth-order valence-electron chi connectivity index (χ4n) is 3.49. The molecule has 0 aliphatic heterocycles. The van der Waals surface area contributed by atoms with Crippen LogP contribution in [0.15, 0.2) is 54.7 Å². The molecule has 0 saturated carbocycles. The van der Waals surface area contributed by atoms with Crippen LogP contribution in [0.25, 0.3) is 0 Å². The van der Waals surface area contributed by atoms with Gasteiger partial charge in [-0.15, -0.1) is 0 Å². The second-order valence-corrected chi connectivity index (χ2v) is 8.35. The van der Waals surface area contributed by atoms with E-state index in [-0.39, 0.29) is 24.0 Å². The third-order valence-corrected chi connectivity index (χ3v) is 5.62. The maximum absolute atomic E-state index is 13.3. The Hall–Kier alpha value is -3.86. The van der Waals surface area contributed by atoms with Gasteiger partial charge in [-0.1, -0.05) is 23.7 Å². The maximum atomic E-state index is 13.3. The van der Waals surface area contributed by atoms with Crippen molar-refractivity contribution in [1.29, 1.82) is 0 Å². The third kappa shape index (κ3) is 5.68. The van der Waals surface area contributed by atoms with Gasteiger partial charge in [0.05, 0.1) is 34.2 Å². The molecule has 0 atom stereocenters. The minimum atomic E-state index is -4.44. The molecule has 7 nitrogen and oxygen atoms in total. The molecule has 0 unspecified atom stereocenters. The summed E-state index contributed by atoms with van der Waals surface area (Å²) >= 11 is 5.73. The SMILES string of the molecule is Cc1nn(Cc2cccc(C(F)(F)F)c2)c(C)c1NC(=O)c1ccn(COc2ccc(F)c(Cl)c2)n1. The molecule has 36 heavy (non-hydrogen) atoms. The lowest BCUT2D eigenvalue weighted by molar-refractivity contribution is -0.137. The lowest BCUT2D eigenvalue weighted by Crippen LogP contribution is -2.15. The first-order chi connectivity index (χ1) is 17.0. The van der Waals surface area contributed by atoms with Gasteiger partial charge < -0.3 is 10.1 Å². The molecular weight excluding hydrogens is 502 g/mol. The Morgan fingerprint density at radius 1 is 1.11 bits per heavy atom. The molecule has 0 bridgehead atoms. The van der Waals surface area contributed by atoms with E-state index in [4.69, 9.17) is 16.3 Å². The molecule has 0 aliphatic rings. The number of carbonyl (C=O) groups is 1. The topological polar surface area (TPSA) is 74.0 Å². The highest BCUT2D eigenvalue weighted by Crippen LogP contribution is 2.30. The second kappa shape index (κ2) is 10.0. The number of ether oxygens (including phenoxy) is 1. The number of alkyl halides is 3. The average molecular weight is 522 g/mol. The van der Waals surface area contributed by atoms with Gasteiger partial charge in [0.2, 0.25) is 0 Å². The molecule has 4 aromatic rings. The Labute approximate surface area is 208 Å². The highest BCUT2D eigenvalue weighted by atomic mass is 35.5.